The van der Waals surface area contributed by atoms with Crippen molar-refractivity contribution in [1.82, 2.24) is 19.9 Å². The van der Waals surface area contributed by atoms with E-state index in [9.17, 15) is 0 Å². The van der Waals surface area contributed by atoms with E-state index >= 15 is 0 Å². The van der Waals surface area contributed by atoms with Gasteiger partial charge in [0.15, 0.2) is 0 Å². The number of hydrogen-bond donors (Lipinski definition) is 2. The van der Waals surface area contributed by atoms with Crippen LogP contribution in [0.3, 0.4) is 0 Å². The van der Waals surface area contributed by atoms with Gasteiger partial charge in [0.2, 0.25) is 0 Å². The number of hydrogen-bond acceptors (Lipinski definition) is 2. The molecule has 2 N–H and O–H groups in total. The van der Waals surface area contributed by atoms with Crippen molar-refractivity contribution in [2.45, 2.75) is 93.9 Å². The van der Waals surface area contributed by atoms with Crippen molar-refractivity contribution in [3.05, 3.63) is 230 Å². The van der Waals surface area contributed by atoms with E-state index in [2.05, 4.69) is 320 Å². The van der Waals surface area contributed by atoms with Gasteiger partial charge in [-0.3, -0.25) is 0 Å². The fraction of sp³-hybridized carbons (Fsp3) is 0.189. The van der Waals surface area contributed by atoms with Gasteiger partial charge in [0, 0.05) is 73.7 Å². The van der Waals surface area contributed by atoms with Crippen LogP contribution in [0.2, 0.25) is 0 Å². The third-order valence-corrected chi connectivity index (χ3v) is 16.4. The number of benzene rings is 6. The van der Waals surface area contributed by atoms with Crippen LogP contribution in [0.5, 0.6) is 0 Å². The van der Waals surface area contributed by atoms with E-state index in [-0.39, 0.29) is 10.8 Å². The van der Waals surface area contributed by atoms with Crippen molar-refractivity contribution in [2.75, 3.05) is 0 Å². The Morgan fingerprint density at radius 3 is 0.963 bits per heavy atom. The number of aromatic nitrogens is 4. The number of nitrogens with one attached hydrogen (secondary N) is 2. The molecule has 0 saturated heterocycles. The topological polar surface area (TPSA) is 57.4 Å². The van der Waals surface area contributed by atoms with Crippen molar-refractivity contribution < 1.29 is 0 Å². The fourth-order valence-electron chi connectivity index (χ4n) is 11.4. The van der Waals surface area contributed by atoms with Crippen LogP contribution in [-0.2, 0) is 10.8 Å². The molecule has 0 spiro atoms. The van der Waals surface area contributed by atoms with E-state index in [1.165, 1.54) is 51.6 Å². The zero-order valence-electron chi connectivity index (χ0n) is 47.7. The SMILES string of the molecule is Cc1cc(C)c(-c2c3nc(c(-c4ccc(C#Cc5cc(I)cc(C(C)(C)C)c5)cc4)c4ccc([nH]4)c(-c4c(C)cc(C)cc4C)c4nc(c(-c5ccc(C#Cc6cc(I)cc(C(C)(C)C)c6)cc5)c5ccc2[nH]5)C=C4)C=C3)c(C)c1. The van der Waals surface area contributed by atoms with Crippen molar-refractivity contribution in [1.29, 1.82) is 0 Å². The lowest BCUT2D eigenvalue weighted by Crippen LogP contribution is -2.11. The highest BCUT2D eigenvalue weighted by Crippen LogP contribution is 2.42. The van der Waals surface area contributed by atoms with Crippen molar-refractivity contribution >= 4 is 91.6 Å². The van der Waals surface area contributed by atoms with Gasteiger partial charge in [0.1, 0.15) is 0 Å². The first-order valence-electron chi connectivity index (χ1n) is 27.3. The van der Waals surface area contributed by atoms with Crippen LogP contribution in [0.15, 0.2) is 133 Å². The Kier molecular flexibility index (Phi) is 14.6. The van der Waals surface area contributed by atoms with E-state index in [0.29, 0.717) is 0 Å². The summed E-state index contributed by atoms with van der Waals surface area (Å²) in [6, 6.07) is 48.5. The molecule has 5 heterocycles. The van der Waals surface area contributed by atoms with Gasteiger partial charge in [0.05, 0.1) is 22.8 Å². The summed E-state index contributed by atoms with van der Waals surface area (Å²) in [5.74, 6) is 13.9. The maximum absolute atomic E-state index is 5.65. The molecule has 0 radical (unpaired) electrons. The number of aromatic amines is 2. The van der Waals surface area contributed by atoms with Gasteiger partial charge in [-0.15, -0.1) is 0 Å². The summed E-state index contributed by atoms with van der Waals surface area (Å²) in [6.07, 6.45) is 8.73. The molecule has 394 valence electrons. The predicted octanol–water partition coefficient (Wildman–Crippen LogP) is 19.8. The van der Waals surface area contributed by atoms with Crippen LogP contribution in [0.1, 0.15) is 131 Å². The lowest BCUT2D eigenvalue weighted by Gasteiger charge is -2.19. The van der Waals surface area contributed by atoms with Gasteiger partial charge in [-0.2, -0.15) is 0 Å². The van der Waals surface area contributed by atoms with Gasteiger partial charge < -0.3 is 9.97 Å². The zero-order valence-corrected chi connectivity index (χ0v) is 52.0. The van der Waals surface area contributed by atoms with Gasteiger partial charge in [-0.05, 0) is 262 Å². The molecular weight excluding hydrogens is 1200 g/mol. The normalized spacial score (nSPS) is 12.1. The van der Waals surface area contributed by atoms with E-state index in [0.717, 1.165) is 112 Å². The molecule has 6 aromatic carbocycles. The van der Waals surface area contributed by atoms with Gasteiger partial charge in [0.25, 0.3) is 0 Å². The van der Waals surface area contributed by atoms with E-state index in [1.807, 2.05) is 0 Å². The summed E-state index contributed by atoms with van der Waals surface area (Å²) in [7, 11) is 0. The lowest BCUT2D eigenvalue weighted by molar-refractivity contribution is 0.589. The van der Waals surface area contributed by atoms with Crippen LogP contribution in [0, 0.1) is 72.4 Å². The summed E-state index contributed by atoms with van der Waals surface area (Å²) < 4.78 is 2.37. The third kappa shape index (κ3) is 11.2. The van der Waals surface area contributed by atoms with Crippen LogP contribution in [0.25, 0.3) is 90.9 Å². The summed E-state index contributed by atoms with van der Waals surface area (Å²) in [5, 5.41) is 0. The van der Waals surface area contributed by atoms with E-state index < -0.39 is 0 Å². The molecule has 0 unspecified atom stereocenters. The number of H-pyrrole nitrogens is 2. The number of fused-ring (bicyclic) bond motifs is 8. The zero-order chi connectivity index (χ0) is 56.4. The number of aryl methyl sites for hydroxylation is 6. The number of rotatable bonds is 4. The summed E-state index contributed by atoms with van der Waals surface area (Å²) in [6.45, 7) is 26.7. The Morgan fingerprint density at radius 2 is 0.637 bits per heavy atom. The van der Waals surface area contributed by atoms with Gasteiger partial charge >= 0.3 is 0 Å². The lowest BCUT2D eigenvalue weighted by atomic mass is 9.86. The fourth-order valence-corrected chi connectivity index (χ4v) is 12.7. The second kappa shape index (κ2) is 21.5. The smallest absolute Gasteiger partial charge is 0.0737 e. The Morgan fingerprint density at radius 1 is 0.338 bits per heavy atom. The summed E-state index contributed by atoms with van der Waals surface area (Å²) >= 11 is 4.80. The third-order valence-electron chi connectivity index (χ3n) is 15.2. The Balaban J connectivity index is 1.16. The highest BCUT2D eigenvalue weighted by Gasteiger charge is 2.23. The molecule has 9 aromatic rings. The van der Waals surface area contributed by atoms with Crippen LogP contribution < -0.4 is 0 Å². The first kappa shape index (κ1) is 54.5. The molecule has 0 amide bonds. The molecule has 80 heavy (non-hydrogen) atoms. The average Bonchev–Trinajstić information content (AvgIpc) is 4.37. The average molecular weight is 1260 g/mol. The van der Waals surface area contributed by atoms with E-state index in [1.54, 1.807) is 0 Å². The summed E-state index contributed by atoms with van der Waals surface area (Å²) in [4.78, 5) is 19.3. The van der Waals surface area contributed by atoms with Gasteiger partial charge in [-0.1, -0.05) is 125 Å². The van der Waals surface area contributed by atoms with Crippen LogP contribution >= 0.6 is 45.2 Å². The summed E-state index contributed by atoms with van der Waals surface area (Å²) in [5.41, 5.74) is 29.5. The van der Waals surface area contributed by atoms with Crippen LogP contribution in [0.4, 0.5) is 0 Å². The molecule has 2 aliphatic rings. The molecule has 6 heteroatoms. The highest BCUT2D eigenvalue weighted by atomic mass is 127. The Hall–Kier alpha value is -7.50. The van der Waals surface area contributed by atoms with Crippen LogP contribution in [-0.4, -0.2) is 19.9 Å². The molecule has 4 nitrogen and oxygen atoms in total. The second-order valence-corrected chi connectivity index (χ2v) is 26.2. The molecule has 8 bridgehead atoms. The van der Waals surface area contributed by atoms with Gasteiger partial charge in [-0.25, -0.2) is 9.97 Å². The first-order valence-corrected chi connectivity index (χ1v) is 29.5. The van der Waals surface area contributed by atoms with Crippen molar-refractivity contribution in [3.63, 3.8) is 0 Å². The largest absolute Gasteiger partial charge is 0.354 e. The number of halogens is 2. The van der Waals surface area contributed by atoms with Crippen molar-refractivity contribution in [2.24, 2.45) is 0 Å². The molecule has 3 aromatic heterocycles. The minimum absolute atomic E-state index is 0.0275. The minimum atomic E-state index is 0.0275. The van der Waals surface area contributed by atoms with E-state index in [4.69, 9.17) is 9.97 Å². The predicted molar refractivity (Wildman–Crippen MR) is 357 cm³/mol. The molecule has 0 atom stereocenters. The Bertz CT molecular complexity index is 4060. The highest BCUT2D eigenvalue weighted by molar-refractivity contribution is 14.1. The second-order valence-electron chi connectivity index (χ2n) is 23.7. The maximum atomic E-state index is 5.65. The molecule has 0 saturated carbocycles. The Labute approximate surface area is 499 Å². The molecule has 2 aliphatic heterocycles. The quantitative estimate of drug-likeness (QED) is 0.136. The minimum Gasteiger partial charge on any atom is -0.354 e. The molecule has 0 fully saturated rings. The monoisotopic (exact) mass is 1260 g/mol. The maximum Gasteiger partial charge on any atom is 0.0737 e. The molecule has 11 rings (SSSR count). The standard InChI is InChI=1S/C74H64I2N4/c1-43-33-45(3)67(46(4)34-43)71-63-29-25-59(77-63)69(53-21-17-49(18-22-53)13-15-51-37-55(73(7,8)9)41-57(75)39-51)61-27-31-65(79-61)72(68-47(5)35-44(2)36-48(68)6)66-32-28-62(80-66)70(60-26-30-64(71)78-60)54-23-19-50(20-24-54)14-16-52-38-56(74(10,11)12)42-58(76)40-52/h17-42,77,80H,1-12H3. The number of nitrogens with zero attached hydrogens (tertiary/aromatic N) is 2. The molecule has 0 aliphatic carbocycles. The molecular formula is C74H64I2N4. The van der Waals surface area contributed by atoms with Crippen molar-refractivity contribution in [3.8, 4) is 68.2 Å². The first-order chi connectivity index (χ1) is 38.1.